The molecule has 3 rings (SSSR count). The number of benzene rings is 1. The molecular weight excluding hydrogens is 514 g/mol. The number of phenolic OH excluding ortho intramolecular Hbond substituents is 1. The summed E-state index contributed by atoms with van der Waals surface area (Å²) in [6, 6.07) is 2.94. The van der Waals surface area contributed by atoms with Gasteiger partial charge in [0, 0.05) is 31.9 Å². The summed E-state index contributed by atoms with van der Waals surface area (Å²) in [5.41, 5.74) is 0.346. The topological polar surface area (TPSA) is 169 Å². The number of phenols is 1. The first kappa shape index (κ1) is 29.9. The van der Waals surface area contributed by atoms with E-state index in [1.54, 1.807) is 6.07 Å². The second kappa shape index (κ2) is 12.0. The summed E-state index contributed by atoms with van der Waals surface area (Å²) >= 11 is 0. The van der Waals surface area contributed by atoms with Crippen molar-refractivity contribution in [3.63, 3.8) is 0 Å². The van der Waals surface area contributed by atoms with Crippen LogP contribution in [-0.4, -0.2) is 87.6 Å². The first-order chi connectivity index (χ1) is 18.2. The van der Waals surface area contributed by atoms with E-state index in [9.17, 15) is 34.5 Å². The number of fused-ring (bicyclic) bond motifs is 3. The zero-order valence-corrected chi connectivity index (χ0v) is 22.6. The smallest absolute Gasteiger partial charge is 0.357 e. The normalized spacial score (nSPS) is 24.9. The molecule has 0 spiro atoms. The average molecular weight is 550 g/mol. The van der Waals surface area contributed by atoms with Gasteiger partial charge in [0.2, 0.25) is 12.2 Å². The standard InChI is InChI=1S/C27H35NO11/c1-14-8-9-19(31)22-18(14)7-6-12-28(5)15(2)27(35)11-10-20(21(13-27)38-22)39-26(34)24(37-17(4)30)23(25(32)33)36-16(3)29/h8-10,15,21,23-24,31,35H,6-7,11-13H2,1-5H3,(H,32,33)/t15-,21-,23+,24+,27+/m1/s1. The van der Waals surface area contributed by atoms with Crippen LogP contribution >= 0.6 is 0 Å². The third-order valence-electron chi connectivity index (χ3n) is 7.18. The Kier molecular flexibility index (Phi) is 9.23. The zero-order valence-electron chi connectivity index (χ0n) is 22.6. The maximum atomic E-state index is 13.2. The molecule has 1 heterocycles. The minimum Gasteiger partial charge on any atom is -0.504 e. The second-order valence-corrected chi connectivity index (χ2v) is 10.0. The highest BCUT2D eigenvalue weighted by Gasteiger charge is 2.46. The summed E-state index contributed by atoms with van der Waals surface area (Å²) in [6.45, 7) is 6.33. The number of aromatic hydroxyl groups is 1. The van der Waals surface area contributed by atoms with Gasteiger partial charge < -0.3 is 39.2 Å². The third kappa shape index (κ3) is 6.87. The number of nitrogens with zero attached hydrogens (tertiary/aromatic N) is 1. The Morgan fingerprint density at radius 2 is 1.77 bits per heavy atom. The molecule has 0 radical (unpaired) electrons. The monoisotopic (exact) mass is 549 g/mol. The van der Waals surface area contributed by atoms with Gasteiger partial charge in [-0.1, -0.05) is 6.07 Å². The van der Waals surface area contributed by atoms with Gasteiger partial charge in [-0.2, -0.15) is 0 Å². The minimum absolute atomic E-state index is 0.0328. The van der Waals surface area contributed by atoms with Gasteiger partial charge in [-0.15, -0.1) is 0 Å². The van der Waals surface area contributed by atoms with Crippen molar-refractivity contribution in [2.75, 3.05) is 13.6 Å². The summed E-state index contributed by atoms with van der Waals surface area (Å²) in [5, 5.41) is 31.8. The van der Waals surface area contributed by atoms with Crippen molar-refractivity contribution in [2.45, 2.75) is 83.3 Å². The molecule has 1 aliphatic carbocycles. The number of carbonyl (C=O) groups excluding carboxylic acids is 3. The van der Waals surface area contributed by atoms with Crippen molar-refractivity contribution in [3.05, 3.63) is 35.1 Å². The molecule has 1 aromatic carbocycles. The fourth-order valence-electron chi connectivity index (χ4n) is 4.88. The van der Waals surface area contributed by atoms with E-state index in [1.165, 1.54) is 12.1 Å². The largest absolute Gasteiger partial charge is 0.504 e. The van der Waals surface area contributed by atoms with Crippen LogP contribution in [0.4, 0.5) is 0 Å². The number of aliphatic hydroxyl groups is 1. The molecule has 0 unspecified atom stereocenters. The number of likely N-dealkylation sites (N-methyl/N-ethyl adjacent to an activating group) is 1. The number of carbonyl (C=O) groups is 4. The molecule has 3 N–H and O–H groups in total. The van der Waals surface area contributed by atoms with Gasteiger partial charge in [0.05, 0.1) is 5.60 Å². The molecule has 0 fully saturated rings. The maximum Gasteiger partial charge on any atom is 0.357 e. The van der Waals surface area contributed by atoms with Gasteiger partial charge in [0.15, 0.2) is 17.6 Å². The predicted octanol–water partition coefficient (Wildman–Crippen LogP) is 1.61. The average Bonchev–Trinajstić information content (AvgIpc) is 2.86. The number of rotatable bonds is 6. The van der Waals surface area contributed by atoms with Gasteiger partial charge in [0.25, 0.3) is 0 Å². The van der Waals surface area contributed by atoms with Crippen LogP contribution in [0.3, 0.4) is 0 Å². The van der Waals surface area contributed by atoms with Crippen molar-refractivity contribution in [1.82, 2.24) is 4.90 Å². The Hall–Kier alpha value is -3.64. The van der Waals surface area contributed by atoms with E-state index in [2.05, 4.69) is 0 Å². The Morgan fingerprint density at radius 1 is 1.13 bits per heavy atom. The molecular formula is C27H35NO11. The third-order valence-corrected chi connectivity index (χ3v) is 7.18. The van der Waals surface area contributed by atoms with Gasteiger partial charge in [-0.25, -0.2) is 9.59 Å². The van der Waals surface area contributed by atoms with Crippen LogP contribution in [-0.2, 0) is 39.8 Å². The molecule has 39 heavy (non-hydrogen) atoms. The van der Waals surface area contributed by atoms with E-state index in [0.29, 0.717) is 13.0 Å². The summed E-state index contributed by atoms with van der Waals surface area (Å²) in [4.78, 5) is 50.1. The van der Waals surface area contributed by atoms with E-state index < -0.39 is 47.8 Å². The van der Waals surface area contributed by atoms with Crippen molar-refractivity contribution < 1.29 is 53.4 Å². The lowest BCUT2D eigenvalue weighted by atomic mass is 9.80. The number of aliphatic carboxylic acids is 1. The molecule has 0 amide bonds. The SMILES string of the molecule is CC(=O)O[C@H](C(=O)O)[C@H](OC(C)=O)C(=O)OC1=CC[C@]2(O)C[C@H]1Oc1c(O)ccc(C)c1CCCN(C)[C@@H]2C. The van der Waals surface area contributed by atoms with Crippen molar-refractivity contribution in [3.8, 4) is 11.5 Å². The van der Waals surface area contributed by atoms with Crippen LogP contribution in [0.2, 0.25) is 0 Å². The van der Waals surface area contributed by atoms with Gasteiger partial charge in [0.1, 0.15) is 5.76 Å². The molecule has 0 saturated heterocycles. The van der Waals surface area contributed by atoms with E-state index in [1.807, 2.05) is 25.8 Å². The molecule has 2 aliphatic rings. The molecule has 5 atom stereocenters. The Labute approximate surface area is 226 Å². The highest BCUT2D eigenvalue weighted by atomic mass is 16.6. The molecule has 2 bridgehead atoms. The second-order valence-electron chi connectivity index (χ2n) is 10.0. The number of hydrogen-bond donors (Lipinski definition) is 3. The fourth-order valence-corrected chi connectivity index (χ4v) is 4.88. The van der Waals surface area contributed by atoms with E-state index in [4.69, 9.17) is 18.9 Å². The van der Waals surface area contributed by atoms with Crippen LogP contribution in [0, 0.1) is 6.92 Å². The first-order valence-electron chi connectivity index (χ1n) is 12.6. The molecule has 0 aromatic heterocycles. The van der Waals surface area contributed by atoms with E-state index in [-0.39, 0.29) is 36.1 Å². The van der Waals surface area contributed by atoms with Gasteiger partial charge in [-0.05, 0) is 64.4 Å². The zero-order chi connectivity index (χ0) is 29.1. The van der Waals surface area contributed by atoms with Crippen molar-refractivity contribution in [2.24, 2.45) is 0 Å². The van der Waals surface area contributed by atoms with Crippen LogP contribution in [0.15, 0.2) is 24.0 Å². The summed E-state index contributed by atoms with van der Waals surface area (Å²) in [5.74, 6) is -5.07. The van der Waals surface area contributed by atoms with Gasteiger partial charge in [-0.3, -0.25) is 9.59 Å². The quantitative estimate of drug-likeness (QED) is 0.347. The Balaban J connectivity index is 2.02. The molecule has 1 aromatic rings. The maximum absolute atomic E-state index is 13.2. The van der Waals surface area contributed by atoms with Crippen molar-refractivity contribution in [1.29, 1.82) is 0 Å². The number of aryl methyl sites for hydroxylation is 1. The number of carboxylic acid groups (broad SMARTS) is 1. The highest BCUT2D eigenvalue weighted by molar-refractivity contribution is 5.88. The van der Waals surface area contributed by atoms with Crippen LogP contribution < -0.4 is 4.74 Å². The lowest BCUT2D eigenvalue weighted by molar-refractivity contribution is -0.187. The lowest BCUT2D eigenvalue weighted by Crippen LogP contribution is -2.54. The number of esters is 3. The highest BCUT2D eigenvalue weighted by Crippen LogP contribution is 2.41. The summed E-state index contributed by atoms with van der Waals surface area (Å²) in [7, 11) is 1.90. The lowest BCUT2D eigenvalue weighted by Gasteiger charge is -2.43. The number of hydrogen-bond acceptors (Lipinski definition) is 11. The molecule has 0 saturated carbocycles. The molecule has 1 aliphatic heterocycles. The van der Waals surface area contributed by atoms with E-state index >= 15 is 0 Å². The van der Waals surface area contributed by atoms with Crippen molar-refractivity contribution >= 4 is 23.9 Å². The fraction of sp³-hybridized carbons (Fsp3) is 0.556. The number of ether oxygens (including phenoxy) is 4. The van der Waals surface area contributed by atoms with Crippen LogP contribution in [0.25, 0.3) is 0 Å². The molecule has 12 heteroatoms. The summed E-state index contributed by atoms with van der Waals surface area (Å²) in [6.07, 6.45) is -2.55. The predicted molar refractivity (Wildman–Crippen MR) is 135 cm³/mol. The minimum atomic E-state index is -2.16. The Morgan fingerprint density at radius 3 is 2.38 bits per heavy atom. The first-order valence-corrected chi connectivity index (χ1v) is 12.6. The van der Waals surface area contributed by atoms with Gasteiger partial charge >= 0.3 is 23.9 Å². The van der Waals surface area contributed by atoms with E-state index in [0.717, 1.165) is 31.4 Å². The summed E-state index contributed by atoms with van der Waals surface area (Å²) < 4.78 is 21.3. The van der Waals surface area contributed by atoms with Crippen LogP contribution in [0.5, 0.6) is 11.5 Å². The van der Waals surface area contributed by atoms with Crippen LogP contribution in [0.1, 0.15) is 51.2 Å². The molecule has 12 nitrogen and oxygen atoms in total. The Bertz CT molecular complexity index is 1160. The number of carboxylic acids is 1. The molecule has 214 valence electrons.